The Morgan fingerprint density at radius 2 is 1.88 bits per heavy atom. The SMILES string of the molecule is CCCC(CCC)c1noc2cc(C)ccc12. The van der Waals surface area contributed by atoms with Crippen LogP contribution < -0.4 is 0 Å². The van der Waals surface area contributed by atoms with Gasteiger partial charge in [0.2, 0.25) is 0 Å². The fourth-order valence-electron chi connectivity index (χ4n) is 2.47. The van der Waals surface area contributed by atoms with Gasteiger partial charge in [-0.15, -0.1) is 0 Å². The Hall–Kier alpha value is -1.31. The maximum Gasteiger partial charge on any atom is 0.167 e. The van der Waals surface area contributed by atoms with Crippen molar-refractivity contribution in [3.8, 4) is 0 Å². The fraction of sp³-hybridized carbons (Fsp3) is 0.533. The van der Waals surface area contributed by atoms with Crippen molar-refractivity contribution in [3.05, 3.63) is 29.5 Å². The predicted octanol–water partition coefficient (Wildman–Crippen LogP) is 4.82. The molecule has 0 saturated carbocycles. The minimum Gasteiger partial charge on any atom is -0.356 e. The molecule has 0 aliphatic rings. The second-order valence-electron chi connectivity index (χ2n) is 4.84. The lowest BCUT2D eigenvalue weighted by molar-refractivity contribution is 0.425. The van der Waals surface area contributed by atoms with Crippen LogP contribution in [0.15, 0.2) is 22.7 Å². The van der Waals surface area contributed by atoms with Gasteiger partial charge in [-0.3, -0.25) is 0 Å². The van der Waals surface area contributed by atoms with E-state index in [2.05, 4.69) is 44.1 Å². The summed E-state index contributed by atoms with van der Waals surface area (Å²) in [6.07, 6.45) is 4.79. The highest BCUT2D eigenvalue weighted by Gasteiger charge is 2.17. The zero-order chi connectivity index (χ0) is 12.3. The van der Waals surface area contributed by atoms with Gasteiger partial charge in [-0.25, -0.2) is 0 Å². The molecule has 17 heavy (non-hydrogen) atoms. The molecule has 0 saturated heterocycles. The van der Waals surface area contributed by atoms with E-state index in [1.165, 1.54) is 36.6 Å². The Morgan fingerprint density at radius 3 is 2.53 bits per heavy atom. The van der Waals surface area contributed by atoms with Crippen molar-refractivity contribution in [3.63, 3.8) is 0 Å². The summed E-state index contributed by atoms with van der Waals surface area (Å²) in [6, 6.07) is 6.35. The number of benzene rings is 1. The van der Waals surface area contributed by atoms with Crippen LogP contribution in [0, 0.1) is 6.92 Å². The van der Waals surface area contributed by atoms with Crippen molar-refractivity contribution in [1.29, 1.82) is 0 Å². The standard InChI is InChI=1S/C15H21NO/c1-4-6-12(7-5-2)15-13-9-8-11(3)10-14(13)17-16-15/h8-10,12H,4-7H2,1-3H3. The summed E-state index contributed by atoms with van der Waals surface area (Å²) in [5.74, 6) is 0.550. The Bertz CT molecular complexity index is 481. The second-order valence-corrected chi connectivity index (χ2v) is 4.84. The van der Waals surface area contributed by atoms with E-state index in [0.717, 1.165) is 11.3 Å². The van der Waals surface area contributed by atoms with Crippen LogP contribution in [-0.2, 0) is 0 Å². The molecular formula is C15H21NO. The smallest absolute Gasteiger partial charge is 0.167 e. The summed E-state index contributed by atoms with van der Waals surface area (Å²) >= 11 is 0. The molecule has 0 spiro atoms. The highest BCUT2D eigenvalue weighted by molar-refractivity contribution is 5.80. The van der Waals surface area contributed by atoms with Crippen LogP contribution in [-0.4, -0.2) is 5.16 Å². The minimum absolute atomic E-state index is 0.550. The van der Waals surface area contributed by atoms with Crippen LogP contribution in [0.2, 0.25) is 0 Å². The first-order chi connectivity index (χ1) is 8.26. The summed E-state index contributed by atoms with van der Waals surface area (Å²) in [6.45, 7) is 6.54. The molecule has 2 nitrogen and oxygen atoms in total. The molecule has 0 atom stereocenters. The minimum atomic E-state index is 0.550. The number of rotatable bonds is 5. The molecule has 0 unspecified atom stereocenters. The normalized spacial score (nSPS) is 11.5. The van der Waals surface area contributed by atoms with E-state index in [1.54, 1.807) is 0 Å². The van der Waals surface area contributed by atoms with Gasteiger partial charge in [0.05, 0.1) is 5.69 Å². The lowest BCUT2D eigenvalue weighted by Gasteiger charge is -2.11. The molecule has 2 heteroatoms. The second kappa shape index (κ2) is 5.35. The number of hydrogen-bond acceptors (Lipinski definition) is 2. The quantitative estimate of drug-likeness (QED) is 0.737. The molecule has 0 radical (unpaired) electrons. The first-order valence-corrected chi connectivity index (χ1v) is 6.62. The molecule has 2 aromatic rings. The van der Waals surface area contributed by atoms with Gasteiger partial charge in [0, 0.05) is 11.3 Å². The number of aryl methyl sites for hydroxylation is 1. The molecule has 1 aromatic heterocycles. The lowest BCUT2D eigenvalue weighted by atomic mass is 9.92. The van der Waals surface area contributed by atoms with Crippen molar-refractivity contribution >= 4 is 11.0 Å². The average molecular weight is 231 g/mol. The summed E-state index contributed by atoms with van der Waals surface area (Å²) in [7, 11) is 0. The van der Waals surface area contributed by atoms with E-state index in [1.807, 2.05) is 0 Å². The molecule has 0 aliphatic heterocycles. The Labute approximate surface area is 103 Å². The summed E-state index contributed by atoms with van der Waals surface area (Å²) in [5.41, 5.74) is 3.31. The third-order valence-corrected chi connectivity index (χ3v) is 3.32. The maximum atomic E-state index is 5.45. The van der Waals surface area contributed by atoms with Gasteiger partial charge in [0.25, 0.3) is 0 Å². The molecule has 0 bridgehead atoms. The van der Waals surface area contributed by atoms with Crippen molar-refractivity contribution < 1.29 is 4.52 Å². The average Bonchev–Trinajstić information content (AvgIpc) is 2.71. The number of aromatic nitrogens is 1. The van der Waals surface area contributed by atoms with Crippen LogP contribution in [0.3, 0.4) is 0 Å². The molecule has 1 heterocycles. The zero-order valence-corrected chi connectivity index (χ0v) is 11.0. The van der Waals surface area contributed by atoms with Crippen molar-refractivity contribution in [2.24, 2.45) is 0 Å². The van der Waals surface area contributed by atoms with Gasteiger partial charge in [0.1, 0.15) is 0 Å². The number of hydrogen-bond donors (Lipinski definition) is 0. The van der Waals surface area contributed by atoms with Crippen molar-refractivity contribution in [2.75, 3.05) is 0 Å². The highest BCUT2D eigenvalue weighted by Crippen LogP contribution is 2.31. The van der Waals surface area contributed by atoms with E-state index in [9.17, 15) is 0 Å². The molecule has 0 amide bonds. The van der Waals surface area contributed by atoms with Crippen LogP contribution >= 0.6 is 0 Å². The monoisotopic (exact) mass is 231 g/mol. The largest absolute Gasteiger partial charge is 0.356 e. The van der Waals surface area contributed by atoms with Crippen LogP contribution in [0.4, 0.5) is 0 Å². The molecule has 2 rings (SSSR count). The van der Waals surface area contributed by atoms with Gasteiger partial charge >= 0.3 is 0 Å². The zero-order valence-electron chi connectivity index (χ0n) is 11.0. The third-order valence-electron chi connectivity index (χ3n) is 3.32. The van der Waals surface area contributed by atoms with Crippen molar-refractivity contribution in [2.45, 2.75) is 52.4 Å². The molecule has 0 N–H and O–H groups in total. The molecular weight excluding hydrogens is 210 g/mol. The molecule has 0 aliphatic carbocycles. The van der Waals surface area contributed by atoms with Gasteiger partial charge < -0.3 is 4.52 Å². The van der Waals surface area contributed by atoms with E-state index in [0.29, 0.717) is 5.92 Å². The lowest BCUT2D eigenvalue weighted by Crippen LogP contribution is -1.99. The van der Waals surface area contributed by atoms with Gasteiger partial charge in [-0.1, -0.05) is 37.9 Å². The fourth-order valence-corrected chi connectivity index (χ4v) is 2.47. The van der Waals surface area contributed by atoms with E-state index in [4.69, 9.17) is 4.52 Å². The predicted molar refractivity (Wildman–Crippen MR) is 71.3 cm³/mol. The van der Waals surface area contributed by atoms with Crippen LogP contribution in [0.1, 0.15) is 56.7 Å². The molecule has 1 aromatic carbocycles. The van der Waals surface area contributed by atoms with Crippen LogP contribution in [0.25, 0.3) is 11.0 Å². The summed E-state index contributed by atoms with van der Waals surface area (Å²) in [4.78, 5) is 0. The number of nitrogens with zero attached hydrogens (tertiary/aromatic N) is 1. The van der Waals surface area contributed by atoms with Gasteiger partial charge in [-0.2, -0.15) is 0 Å². The summed E-state index contributed by atoms with van der Waals surface area (Å²) < 4.78 is 5.45. The van der Waals surface area contributed by atoms with E-state index >= 15 is 0 Å². The third kappa shape index (κ3) is 2.51. The van der Waals surface area contributed by atoms with Gasteiger partial charge in [0.15, 0.2) is 5.58 Å². The molecule has 92 valence electrons. The van der Waals surface area contributed by atoms with Gasteiger partial charge in [-0.05, 0) is 37.5 Å². The topological polar surface area (TPSA) is 26.0 Å². The number of fused-ring (bicyclic) bond motifs is 1. The maximum absolute atomic E-state index is 5.45. The summed E-state index contributed by atoms with van der Waals surface area (Å²) in [5, 5.41) is 5.50. The Morgan fingerprint density at radius 1 is 1.18 bits per heavy atom. The van der Waals surface area contributed by atoms with E-state index < -0.39 is 0 Å². The molecule has 0 fully saturated rings. The van der Waals surface area contributed by atoms with Crippen LogP contribution in [0.5, 0.6) is 0 Å². The first-order valence-electron chi connectivity index (χ1n) is 6.62. The Balaban J connectivity index is 2.39. The highest BCUT2D eigenvalue weighted by atomic mass is 16.5. The first kappa shape index (κ1) is 12.2. The Kier molecular flexibility index (Phi) is 3.82. The van der Waals surface area contributed by atoms with Crippen molar-refractivity contribution in [1.82, 2.24) is 5.16 Å². The van der Waals surface area contributed by atoms with E-state index in [-0.39, 0.29) is 0 Å².